The van der Waals surface area contributed by atoms with Crippen LogP contribution in [0.3, 0.4) is 0 Å². The minimum absolute atomic E-state index is 0.0194. The summed E-state index contributed by atoms with van der Waals surface area (Å²) in [5, 5.41) is 0.0632. The van der Waals surface area contributed by atoms with Gasteiger partial charge in [-0.25, -0.2) is 13.2 Å². The number of rotatable bonds is 8. The first-order chi connectivity index (χ1) is 17.1. The van der Waals surface area contributed by atoms with Crippen LogP contribution >= 0.6 is 11.6 Å². The number of benzene rings is 2. The van der Waals surface area contributed by atoms with Gasteiger partial charge in [0, 0.05) is 12.5 Å². The van der Waals surface area contributed by atoms with Crippen LogP contribution in [-0.4, -0.2) is 40.9 Å². The van der Waals surface area contributed by atoms with E-state index in [2.05, 4.69) is 0 Å². The predicted octanol–water partition coefficient (Wildman–Crippen LogP) is 5.12. The Balaban J connectivity index is 1.30. The van der Waals surface area contributed by atoms with E-state index >= 15 is 0 Å². The normalized spacial score (nSPS) is 26.5. The molecule has 4 aliphatic carbocycles. The molecular formula is C27H30ClNO6S. The fourth-order valence-electron chi connectivity index (χ4n) is 6.72. The van der Waals surface area contributed by atoms with Crippen molar-refractivity contribution in [3.8, 4) is 5.75 Å². The molecule has 0 saturated heterocycles. The molecule has 4 fully saturated rings. The number of carbonyl (C=O) groups is 2. The Morgan fingerprint density at radius 2 is 1.58 bits per heavy atom. The van der Waals surface area contributed by atoms with Crippen LogP contribution in [0.25, 0.3) is 0 Å². The number of nitrogens with zero attached hydrogens (tertiary/aromatic N) is 1. The van der Waals surface area contributed by atoms with E-state index in [0.717, 1.165) is 23.6 Å². The first kappa shape index (κ1) is 25.1. The summed E-state index contributed by atoms with van der Waals surface area (Å²) in [6, 6.07) is 10.5. The molecule has 0 N–H and O–H groups in total. The fraction of sp³-hybridized carbons (Fsp3) is 0.481. The van der Waals surface area contributed by atoms with Crippen LogP contribution in [-0.2, 0) is 19.6 Å². The molecule has 0 radical (unpaired) electrons. The zero-order chi connectivity index (χ0) is 25.7. The Bertz CT molecular complexity index is 1250. The Morgan fingerprint density at radius 3 is 2.14 bits per heavy atom. The van der Waals surface area contributed by atoms with Gasteiger partial charge in [0.05, 0.1) is 28.3 Å². The minimum atomic E-state index is -3.99. The van der Waals surface area contributed by atoms with E-state index in [-0.39, 0.29) is 33.3 Å². The molecule has 2 aromatic rings. The molecule has 4 saturated carbocycles. The Hall–Kier alpha value is -2.58. The summed E-state index contributed by atoms with van der Waals surface area (Å²) in [5.41, 5.74) is -0.0271. The molecule has 0 heterocycles. The van der Waals surface area contributed by atoms with Crippen LogP contribution in [0.1, 0.15) is 48.9 Å². The lowest BCUT2D eigenvalue weighted by molar-refractivity contribution is -0.147. The summed E-state index contributed by atoms with van der Waals surface area (Å²) < 4.78 is 38.1. The number of hydrogen-bond donors (Lipinski definition) is 0. The van der Waals surface area contributed by atoms with Crippen LogP contribution in [0.15, 0.2) is 47.4 Å². The summed E-state index contributed by atoms with van der Waals surface area (Å²) in [5.74, 6) is 1.60. The molecule has 0 spiro atoms. The largest absolute Gasteiger partial charge is 0.497 e. The molecule has 36 heavy (non-hydrogen) atoms. The number of methoxy groups -OCH3 is 1. The molecule has 2 aromatic carbocycles. The molecule has 0 aliphatic heterocycles. The number of ketones is 1. The summed E-state index contributed by atoms with van der Waals surface area (Å²) in [4.78, 5) is 26.0. The number of carbonyl (C=O) groups excluding carboxylic acids is 2. The summed E-state index contributed by atoms with van der Waals surface area (Å²) in [6.45, 7) is -0.315. The number of esters is 1. The number of ether oxygens (including phenoxy) is 2. The zero-order valence-corrected chi connectivity index (χ0v) is 22.0. The number of sulfonamides is 1. The lowest BCUT2D eigenvalue weighted by atomic mass is 9.48. The lowest BCUT2D eigenvalue weighted by Crippen LogP contribution is -2.51. The molecule has 6 rings (SSSR count). The highest BCUT2D eigenvalue weighted by molar-refractivity contribution is 7.92. The molecular weight excluding hydrogens is 502 g/mol. The van der Waals surface area contributed by atoms with Crippen LogP contribution in [0.5, 0.6) is 5.75 Å². The highest BCUT2D eigenvalue weighted by atomic mass is 35.5. The van der Waals surface area contributed by atoms with Gasteiger partial charge in [-0.15, -0.1) is 0 Å². The van der Waals surface area contributed by atoms with Crippen LogP contribution in [0, 0.1) is 23.2 Å². The molecule has 0 amide bonds. The Morgan fingerprint density at radius 1 is 1.00 bits per heavy atom. The number of Topliss-reactive ketones (excluding diaryl/α,β-unsaturated/α-hetero) is 1. The zero-order valence-electron chi connectivity index (χ0n) is 20.4. The number of hydrogen-bond acceptors (Lipinski definition) is 6. The second kappa shape index (κ2) is 9.38. The highest BCUT2D eigenvalue weighted by Crippen LogP contribution is 2.60. The van der Waals surface area contributed by atoms with Gasteiger partial charge in [-0.05, 0) is 98.7 Å². The van der Waals surface area contributed by atoms with Gasteiger partial charge < -0.3 is 9.47 Å². The fourth-order valence-corrected chi connectivity index (χ4v) is 8.14. The van der Waals surface area contributed by atoms with Crippen molar-refractivity contribution < 1.29 is 27.5 Å². The van der Waals surface area contributed by atoms with Crippen molar-refractivity contribution in [1.82, 2.24) is 0 Å². The molecule has 0 atom stereocenters. The SMILES string of the molecule is COc1ccc(N(C)S(=O)(=O)c2ccc(Cl)c(C(=O)OCC(=O)C34CC5CC(CC(C5)C3)C4)c2)cc1. The average Bonchev–Trinajstić information content (AvgIpc) is 2.86. The summed E-state index contributed by atoms with van der Waals surface area (Å²) in [7, 11) is -1.03. The summed E-state index contributed by atoms with van der Waals surface area (Å²) >= 11 is 6.23. The van der Waals surface area contributed by atoms with Crippen molar-refractivity contribution in [2.24, 2.45) is 23.2 Å². The summed E-state index contributed by atoms with van der Waals surface area (Å²) in [6.07, 6.45) is 6.32. The van der Waals surface area contributed by atoms with Gasteiger partial charge in [0.15, 0.2) is 12.4 Å². The topological polar surface area (TPSA) is 90.0 Å². The van der Waals surface area contributed by atoms with Gasteiger partial charge >= 0.3 is 5.97 Å². The smallest absolute Gasteiger partial charge is 0.340 e. The van der Waals surface area contributed by atoms with E-state index in [0.29, 0.717) is 29.2 Å². The van der Waals surface area contributed by atoms with E-state index in [9.17, 15) is 18.0 Å². The monoisotopic (exact) mass is 531 g/mol. The van der Waals surface area contributed by atoms with E-state index < -0.39 is 16.0 Å². The number of anilines is 1. The van der Waals surface area contributed by atoms with Gasteiger partial charge in [0.2, 0.25) is 0 Å². The van der Waals surface area contributed by atoms with E-state index in [4.69, 9.17) is 21.1 Å². The third-order valence-electron chi connectivity index (χ3n) is 8.22. The first-order valence-corrected chi connectivity index (χ1v) is 14.1. The second-order valence-corrected chi connectivity index (χ2v) is 12.9. The van der Waals surface area contributed by atoms with Gasteiger partial charge in [0.1, 0.15) is 5.75 Å². The maximum Gasteiger partial charge on any atom is 0.340 e. The lowest BCUT2D eigenvalue weighted by Gasteiger charge is -2.55. The van der Waals surface area contributed by atoms with Crippen molar-refractivity contribution in [1.29, 1.82) is 0 Å². The molecule has 0 unspecified atom stereocenters. The number of halogens is 1. The molecule has 7 nitrogen and oxygen atoms in total. The Kier molecular flexibility index (Phi) is 6.53. The average molecular weight is 532 g/mol. The second-order valence-electron chi connectivity index (χ2n) is 10.5. The van der Waals surface area contributed by atoms with Gasteiger partial charge in [0.25, 0.3) is 10.0 Å². The third kappa shape index (κ3) is 4.50. The van der Waals surface area contributed by atoms with Gasteiger partial charge in [-0.3, -0.25) is 9.10 Å². The minimum Gasteiger partial charge on any atom is -0.497 e. The molecule has 4 bridgehead atoms. The van der Waals surface area contributed by atoms with Crippen LogP contribution in [0.2, 0.25) is 5.02 Å². The molecule has 9 heteroatoms. The van der Waals surface area contributed by atoms with Crippen molar-refractivity contribution in [2.45, 2.75) is 43.4 Å². The van der Waals surface area contributed by atoms with E-state index in [1.807, 2.05) is 0 Å². The Labute approximate surface area is 216 Å². The first-order valence-electron chi connectivity index (χ1n) is 12.2. The van der Waals surface area contributed by atoms with Crippen molar-refractivity contribution in [3.63, 3.8) is 0 Å². The molecule has 4 aliphatic rings. The van der Waals surface area contributed by atoms with E-state index in [1.165, 1.54) is 51.6 Å². The predicted molar refractivity (Wildman–Crippen MR) is 136 cm³/mol. The van der Waals surface area contributed by atoms with Crippen LogP contribution in [0.4, 0.5) is 5.69 Å². The van der Waals surface area contributed by atoms with Crippen molar-refractivity contribution in [3.05, 3.63) is 53.1 Å². The highest BCUT2D eigenvalue weighted by Gasteiger charge is 2.54. The standard InChI is InChI=1S/C27H30ClNO6S/c1-29(20-3-5-21(34-2)6-4-20)36(32,33)22-7-8-24(28)23(12-22)26(31)35-16-25(30)27-13-17-9-18(14-27)11-19(10-17)15-27/h3-8,12,17-19H,9-11,13-16H2,1-2H3. The molecule has 192 valence electrons. The van der Waals surface area contributed by atoms with Crippen molar-refractivity contribution in [2.75, 3.05) is 25.1 Å². The maximum absolute atomic E-state index is 13.2. The van der Waals surface area contributed by atoms with Crippen LogP contribution < -0.4 is 9.04 Å². The third-order valence-corrected chi connectivity index (χ3v) is 10.3. The van der Waals surface area contributed by atoms with Crippen molar-refractivity contribution >= 4 is 39.1 Å². The van der Waals surface area contributed by atoms with E-state index in [1.54, 1.807) is 24.3 Å². The maximum atomic E-state index is 13.2. The van der Waals surface area contributed by atoms with Gasteiger partial charge in [-0.1, -0.05) is 11.6 Å². The molecule has 0 aromatic heterocycles. The quantitative estimate of drug-likeness (QED) is 0.439. The van der Waals surface area contributed by atoms with Gasteiger partial charge in [-0.2, -0.15) is 0 Å².